The van der Waals surface area contributed by atoms with E-state index in [2.05, 4.69) is 0 Å². The van der Waals surface area contributed by atoms with Crippen molar-refractivity contribution in [3.8, 4) is 23.0 Å². The lowest BCUT2D eigenvalue weighted by molar-refractivity contribution is -0.0337. The minimum atomic E-state index is 0.211. The number of benzene rings is 2. The summed E-state index contributed by atoms with van der Waals surface area (Å²) < 4.78 is 38.9. The summed E-state index contributed by atoms with van der Waals surface area (Å²) in [6.45, 7) is 2.90. The van der Waals surface area contributed by atoms with Crippen molar-refractivity contribution in [3.05, 3.63) is 36.4 Å². The van der Waals surface area contributed by atoms with Crippen molar-refractivity contribution in [3.63, 3.8) is 0 Å². The molecule has 3 rings (SSSR count). The summed E-state index contributed by atoms with van der Waals surface area (Å²) in [6.07, 6.45) is 0. The van der Waals surface area contributed by atoms with Gasteiger partial charge in [-0.1, -0.05) is 0 Å². The molecule has 1 aliphatic heterocycles. The Morgan fingerprint density at radius 3 is 1.23 bits per heavy atom. The highest BCUT2D eigenvalue weighted by Crippen LogP contribution is 2.39. The Hall–Kier alpha value is -2.96. The zero-order valence-electron chi connectivity index (χ0n) is 20.7. The lowest BCUT2D eigenvalue weighted by Crippen LogP contribution is -2.45. The van der Waals surface area contributed by atoms with Crippen molar-refractivity contribution in [2.24, 2.45) is 0 Å². The molecule has 2 aromatic rings. The van der Waals surface area contributed by atoms with Crippen LogP contribution in [0, 0.1) is 0 Å². The van der Waals surface area contributed by atoms with E-state index in [-0.39, 0.29) is 13.2 Å². The van der Waals surface area contributed by atoms with Crippen LogP contribution in [0.4, 0.5) is 11.4 Å². The molecule has 0 amide bonds. The quantitative estimate of drug-likeness (QED) is 0.594. The fraction of sp³-hybridized carbons (Fsp3) is 0.500. The zero-order chi connectivity index (χ0) is 24.9. The molecule has 1 saturated heterocycles. The SMILES string of the molecule is COc1ccc(OC)c(N2OCCOCCOCCOCCON2c2cc(OC)ccc2OC)c1. The van der Waals surface area contributed by atoms with Crippen molar-refractivity contribution < 1.29 is 42.8 Å². The van der Waals surface area contributed by atoms with Crippen LogP contribution in [0.3, 0.4) is 0 Å². The Labute approximate surface area is 205 Å². The Morgan fingerprint density at radius 1 is 0.514 bits per heavy atom. The number of hydrogen-bond acceptors (Lipinski definition) is 11. The van der Waals surface area contributed by atoms with Crippen LogP contribution in [0.1, 0.15) is 0 Å². The average Bonchev–Trinajstić information content (AvgIpc) is 2.91. The van der Waals surface area contributed by atoms with Gasteiger partial charge in [-0.3, -0.25) is 0 Å². The average molecular weight is 495 g/mol. The van der Waals surface area contributed by atoms with Crippen molar-refractivity contribution >= 4 is 11.4 Å². The third kappa shape index (κ3) is 7.51. The molecule has 0 saturated carbocycles. The van der Waals surface area contributed by atoms with Gasteiger partial charge in [0.2, 0.25) is 0 Å². The molecule has 0 N–H and O–H groups in total. The molecule has 11 heteroatoms. The lowest BCUT2D eigenvalue weighted by Gasteiger charge is -2.36. The highest BCUT2D eigenvalue weighted by atomic mass is 16.8. The van der Waals surface area contributed by atoms with Gasteiger partial charge in [-0.2, -0.15) is 0 Å². The molecule has 35 heavy (non-hydrogen) atoms. The van der Waals surface area contributed by atoms with Gasteiger partial charge >= 0.3 is 0 Å². The number of methoxy groups -OCH3 is 4. The van der Waals surface area contributed by atoms with Crippen molar-refractivity contribution in [1.82, 2.24) is 0 Å². The van der Waals surface area contributed by atoms with E-state index >= 15 is 0 Å². The smallest absolute Gasteiger partial charge is 0.147 e. The molecule has 2 aromatic carbocycles. The maximum absolute atomic E-state index is 6.18. The van der Waals surface area contributed by atoms with Gasteiger partial charge in [-0.15, -0.1) is 10.3 Å². The number of nitrogens with zero attached hydrogens (tertiary/aromatic N) is 2. The van der Waals surface area contributed by atoms with Crippen LogP contribution >= 0.6 is 0 Å². The Bertz CT molecular complexity index is 828. The lowest BCUT2D eigenvalue weighted by atomic mass is 10.2. The monoisotopic (exact) mass is 494 g/mol. The van der Waals surface area contributed by atoms with E-state index < -0.39 is 0 Å². The molecule has 1 fully saturated rings. The highest BCUT2D eigenvalue weighted by Gasteiger charge is 2.27. The van der Waals surface area contributed by atoms with E-state index in [1.54, 1.807) is 64.8 Å². The molecule has 11 nitrogen and oxygen atoms in total. The van der Waals surface area contributed by atoms with Crippen LogP contribution in [-0.2, 0) is 23.9 Å². The molecule has 0 bridgehead atoms. The third-order valence-electron chi connectivity index (χ3n) is 4.98. The van der Waals surface area contributed by atoms with E-state index in [0.29, 0.717) is 74.0 Å². The summed E-state index contributed by atoms with van der Waals surface area (Å²) in [4.78, 5) is 12.4. The predicted octanol–water partition coefficient (Wildman–Crippen LogP) is 2.88. The van der Waals surface area contributed by atoms with Crippen molar-refractivity contribution in [2.75, 3.05) is 91.6 Å². The zero-order valence-corrected chi connectivity index (χ0v) is 20.7. The summed E-state index contributed by atoms with van der Waals surface area (Å²) in [5, 5.41) is 2.94. The summed E-state index contributed by atoms with van der Waals surface area (Å²) >= 11 is 0. The summed E-state index contributed by atoms with van der Waals surface area (Å²) in [7, 11) is 6.33. The normalized spacial score (nSPS) is 16.7. The molecule has 0 aliphatic carbocycles. The number of anilines is 2. The minimum absolute atomic E-state index is 0.211. The highest BCUT2D eigenvalue weighted by molar-refractivity contribution is 5.67. The molecular weight excluding hydrogens is 460 g/mol. The van der Waals surface area contributed by atoms with Gasteiger partial charge in [0.1, 0.15) is 47.6 Å². The van der Waals surface area contributed by atoms with Crippen LogP contribution in [0.25, 0.3) is 0 Å². The van der Waals surface area contributed by atoms with Crippen molar-refractivity contribution in [1.29, 1.82) is 0 Å². The standard InChI is InChI=1S/C24H34N2O9/c1-27-19-5-7-23(29-3)21(17-19)25-26(22-18-20(28-2)6-8-24(22)30-4)35-16-14-33-12-10-31-9-11-32-13-15-34-25/h5-8,17-18H,9-16H2,1-4H3. The largest absolute Gasteiger partial charge is 0.497 e. The Balaban J connectivity index is 2.06. The van der Waals surface area contributed by atoms with Gasteiger partial charge in [0.15, 0.2) is 0 Å². The second-order valence-corrected chi connectivity index (χ2v) is 7.12. The second kappa shape index (κ2) is 14.4. The van der Waals surface area contributed by atoms with Crippen LogP contribution in [0.5, 0.6) is 23.0 Å². The van der Waals surface area contributed by atoms with Gasteiger partial charge in [0, 0.05) is 12.1 Å². The van der Waals surface area contributed by atoms with Gasteiger partial charge in [0.25, 0.3) is 0 Å². The van der Waals surface area contributed by atoms with Crippen LogP contribution in [0.15, 0.2) is 36.4 Å². The molecule has 194 valence electrons. The van der Waals surface area contributed by atoms with Gasteiger partial charge in [0.05, 0.1) is 68.1 Å². The maximum Gasteiger partial charge on any atom is 0.147 e. The first-order valence-electron chi connectivity index (χ1n) is 11.2. The van der Waals surface area contributed by atoms with Crippen LogP contribution in [0.2, 0.25) is 0 Å². The Kier molecular flexibility index (Phi) is 11.0. The molecule has 0 unspecified atom stereocenters. The predicted molar refractivity (Wildman–Crippen MR) is 128 cm³/mol. The summed E-state index contributed by atoms with van der Waals surface area (Å²) in [6, 6.07) is 10.7. The molecule has 0 atom stereocenters. The van der Waals surface area contributed by atoms with Gasteiger partial charge in [-0.05, 0) is 24.3 Å². The third-order valence-corrected chi connectivity index (χ3v) is 4.98. The first-order valence-corrected chi connectivity index (χ1v) is 11.2. The molecule has 0 radical (unpaired) electrons. The number of hydrazine groups is 1. The van der Waals surface area contributed by atoms with Crippen LogP contribution in [-0.4, -0.2) is 81.3 Å². The fourth-order valence-corrected chi connectivity index (χ4v) is 3.24. The van der Waals surface area contributed by atoms with E-state index in [1.807, 2.05) is 0 Å². The van der Waals surface area contributed by atoms with E-state index in [9.17, 15) is 0 Å². The van der Waals surface area contributed by atoms with Gasteiger partial charge < -0.3 is 33.2 Å². The molecular formula is C24H34N2O9. The number of hydrogen-bond donors (Lipinski definition) is 0. The summed E-state index contributed by atoms with van der Waals surface area (Å²) in [5.74, 6) is 2.28. The first kappa shape index (κ1) is 26.6. The van der Waals surface area contributed by atoms with E-state index in [4.69, 9.17) is 42.8 Å². The van der Waals surface area contributed by atoms with E-state index in [0.717, 1.165) is 0 Å². The first-order chi connectivity index (χ1) is 17.2. The molecule has 1 heterocycles. The Morgan fingerprint density at radius 2 is 0.886 bits per heavy atom. The molecule has 0 aromatic heterocycles. The van der Waals surface area contributed by atoms with Crippen molar-refractivity contribution in [2.45, 2.75) is 0 Å². The maximum atomic E-state index is 6.18. The second-order valence-electron chi connectivity index (χ2n) is 7.12. The van der Waals surface area contributed by atoms with Crippen LogP contribution < -0.4 is 29.3 Å². The topological polar surface area (TPSA) is 89.6 Å². The van der Waals surface area contributed by atoms with E-state index in [1.165, 1.54) is 10.3 Å². The molecule has 0 spiro atoms. The van der Waals surface area contributed by atoms with Gasteiger partial charge in [-0.25, -0.2) is 9.68 Å². The minimum Gasteiger partial charge on any atom is -0.497 e. The number of rotatable bonds is 6. The summed E-state index contributed by atoms with van der Waals surface area (Å²) in [5.41, 5.74) is 1.07. The number of ether oxygens (including phenoxy) is 7. The fourth-order valence-electron chi connectivity index (χ4n) is 3.24. The molecule has 1 aliphatic rings.